The predicted octanol–water partition coefficient (Wildman–Crippen LogP) is 4.61. The second-order valence-corrected chi connectivity index (χ2v) is 4.02. The highest BCUT2D eigenvalue weighted by Gasteiger charge is 2.15. The van der Waals surface area contributed by atoms with Crippen molar-refractivity contribution >= 4 is 46.4 Å². The smallest absolute Gasteiger partial charge is 0.137 e. The molecule has 0 unspecified atom stereocenters. The normalized spacial score (nSPS) is 10.8. The molecule has 66 valence electrons. The van der Waals surface area contributed by atoms with Crippen molar-refractivity contribution < 1.29 is 4.39 Å². The van der Waals surface area contributed by atoms with Gasteiger partial charge in [0, 0.05) is 10.6 Å². The Morgan fingerprint density at radius 2 is 1.75 bits per heavy atom. The van der Waals surface area contributed by atoms with E-state index in [-0.39, 0.29) is 15.6 Å². The standard InChI is InChI=1S/C7H3Cl4F/c8-3-1-4(9)6(7(10)11)5(12)2-3/h1-2,7H. The summed E-state index contributed by atoms with van der Waals surface area (Å²) in [6.07, 6.45) is 0. The number of hydrogen-bond acceptors (Lipinski definition) is 0. The number of halogens is 5. The fraction of sp³-hybridized carbons (Fsp3) is 0.143. The molecule has 0 radical (unpaired) electrons. The Hall–Kier alpha value is 0.310. The zero-order valence-electron chi connectivity index (χ0n) is 5.62. The molecule has 0 saturated carbocycles. The first kappa shape index (κ1) is 10.4. The SMILES string of the molecule is Fc1cc(Cl)cc(Cl)c1C(Cl)Cl. The fourth-order valence-corrected chi connectivity index (χ4v) is 1.89. The predicted molar refractivity (Wildman–Crippen MR) is 50.9 cm³/mol. The van der Waals surface area contributed by atoms with Gasteiger partial charge in [0.2, 0.25) is 0 Å². The third-order valence-electron chi connectivity index (χ3n) is 1.26. The molecule has 0 aliphatic heterocycles. The van der Waals surface area contributed by atoms with Gasteiger partial charge in [0.05, 0.1) is 5.02 Å². The van der Waals surface area contributed by atoms with Gasteiger partial charge in [-0.05, 0) is 12.1 Å². The molecule has 0 spiro atoms. The summed E-state index contributed by atoms with van der Waals surface area (Å²) < 4.78 is 13.0. The highest BCUT2D eigenvalue weighted by atomic mass is 35.5. The minimum Gasteiger partial charge on any atom is -0.206 e. The van der Waals surface area contributed by atoms with Gasteiger partial charge < -0.3 is 0 Å². The van der Waals surface area contributed by atoms with E-state index in [1.165, 1.54) is 6.07 Å². The number of rotatable bonds is 1. The van der Waals surface area contributed by atoms with Crippen LogP contribution >= 0.6 is 46.4 Å². The molecule has 1 aromatic carbocycles. The monoisotopic (exact) mass is 246 g/mol. The summed E-state index contributed by atoms with van der Waals surface area (Å²) in [7, 11) is 0. The van der Waals surface area contributed by atoms with E-state index in [1.54, 1.807) is 0 Å². The summed E-state index contributed by atoms with van der Waals surface area (Å²) in [5.41, 5.74) is 0.0596. The van der Waals surface area contributed by atoms with E-state index in [0.717, 1.165) is 6.07 Å². The van der Waals surface area contributed by atoms with Crippen LogP contribution in [-0.2, 0) is 0 Å². The second-order valence-electron chi connectivity index (χ2n) is 2.08. The van der Waals surface area contributed by atoms with Crippen LogP contribution < -0.4 is 0 Å². The van der Waals surface area contributed by atoms with Crippen molar-refractivity contribution in [3.05, 3.63) is 33.6 Å². The van der Waals surface area contributed by atoms with Gasteiger partial charge in [-0.1, -0.05) is 46.4 Å². The average molecular weight is 248 g/mol. The van der Waals surface area contributed by atoms with Crippen molar-refractivity contribution in [2.75, 3.05) is 0 Å². The van der Waals surface area contributed by atoms with E-state index in [1.807, 2.05) is 0 Å². The Balaban J connectivity index is 3.28. The molecular weight excluding hydrogens is 245 g/mol. The van der Waals surface area contributed by atoms with Gasteiger partial charge in [-0.25, -0.2) is 4.39 Å². The fourth-order valence-electron chi connectivity index (χ4n) is 0.762. The maximum atomic E-state index is 13.0. The van der Waals surface area contributed by atoms with Crippen LogP contribution in [0.1, 0.15) is 10.4 Å². The van der Waals surface area contributed by atoms with Gasteiger partial charge in [-0.15, -0.1) is 0 Å². The van der Waals surface area contributed by atoms with E-state index >= 15 is 0 Å². The summed E-state index contributed by atoms with van der Waals surface area (Å²) in [6.45, 7) is 0. The van der Waals surface area contributed by atoms with Gasteiger partial charge >= 0.3 is 0 Å². The molecule has 1 rings (SSSR count). The Morgan fingerprint density at radius 3 is 2.17 bits per heavy atom. The zero-order valence-corrected chi connectivity index (χ0v) is 8.65. The highest BCUT2D eigenvalue weighted by Crippen LogP contribution is 2.34. The van der Waals surface area contributed by atoms with Crippen molar-refractivity contribution in [3.8, 4) is 0 Å². The van der Waals surface area contributed by atoms with Crippen LogP contribution in [0.4, 0.5) is 4.39 Å². The third kappa shape index (κ3) is 2.17. The van der Waals surface area contributed by atoms with Crippen LogP contribution in [0, 0.1) is 5.82 Å². The lowest BCUT2D eigenvalue weighted by atomic mass is 10.2. The molecule has 0 bridgehead atoms. The molecule has 0 nitrogen and oxygen atoms in total. The van der Waals surface area contributed by atoms with Crippen molar-refractivity contribution in [1.82, 2.24) is 0 Å². The average Bonchev–Trinajstić information content (AvgIpc) is 1.82. The van der Waals surface area contributed by atoms with Crippen LogP contribution in [0.15, 0.2) is 12.1 Å². The molecular formula is C7H3Cl4F. The van der Waals surface area contributed by atoms with Crippen molar-refractivity contribution in [2.45, 2.75) is 4.84 Å². The molecule has 0 amide bonds. The topological polar surface area (TPSA) is 0 Å². The van der Waals surface area contributed by atoms with Crippen LogP contribution in [0.5, 0.6) is 0 Å². The van der Waals surface area contributed by atoms with Crippen molar-refractivity contribution in [1.29, 1.82) is 0 Å². The van der Waals surface area contributed by atoms with E-state index in [2.05, 4.69) is 0 Å². The lowest BCUT2D eigenvalue weighted by Crippen LogP contribution is -1.90. The van der Waals surface area contributed by atoms with Crippen LogP contribution in [-0.4, -0.2) is 0 Å². The molecule has 0 fully saturated rings. The third-order valence-corrected chi connectivity index (χ3v) is 2.23. The number of benzene rings is 1. The minimum absolute atomic E-state index is 0.0596. The molecule has 12 heavy (non-hydrogen) atoms. The van der Waals surface area contributed by atoms with E-state index in [4.69, 9.17) is 46.4 Å². The van der Waals surface area contributed by atoms with Gasteiger partial charge in [0.1, 0.15) is 10.7 Å². The molecule has 0 aliphatic rings. The van der Waals surface area contributed by atoms with E-state index < -0.39 is 10.7 Å². The number of alkyl halides is 2. The summed E-state index contributed by atoms with van der Waals surface area (Å²) in [5.74, 6) is -0.595. The minimum atomic E-state index is -0.977. The van der Waals surface area contributed by atoms with E-state index in [9.17, 15) is 4.39 Å². The molecule has 1 aromatic rings. The summed E-state index contributed by atoms with van der Waals surface area (Å²) in [4.78, 5) is -0.977. The van der Waals surface area contributed by atoms with Gasteiger partial charge in [0.15, 0.2) is 0 Å². The molecule has 5 heteroatoms. The Kier molecular flexibility index (Phi) is 3.47. The highest BCUT2D eigenvalue weighted by molar-refractivity contribution is 6.45. The Morgan fingerprint density at radius 1 is 1.17 bits per heavy atom. The van der Waals surface area contributed by atoms with Crippen LogP contribution in [0.2, 0.25) is 10.0 Å². The zero-order chi connectivity index (χ0) is 9.30. The maximum absolute atomic E-state index is 13.0. The van der Waals surface area contributed by atoms with Crippen molar-refractivity contribution in [2.24, 2.45) is 0 Å². The molecule has 0 saturated heterocycles. The quantitative estimate of drug-likeness (QED) is 0.636. The molecule has 0 atom stereocenters. The molecule has 0 N–H and O–H groups in total. The second kappa shape index (κ2) is 4.01. The molecule has 0 aliphatic carbocycles. The Labute approximate surface area is 89.2 Å². The van der Waals surface area contributed by atoms with Crippen LogP contribution in [0.25, 0.3) is 0 Å². The van der Waals surface area contributed by atoms with E-state index in [0.29, 0.717) is 0 Å². The lowest BCUT2D eigenvalue weighted by molar-refractivity contribution is 0.616. The van der Waals surface area contributed by atoms with Gasteiger partial charge in [-0.2, -0.15) is 0 Å². The molecule has 0 aromatic heterocycles. The number of hydrogen-bond donors (Lipinski definition) is 0. The lowest BCUT2D eigenvalue weighted by Gasteiger charge is -2.06. The largest absolute Gasteiger partial charge is 0.206 e. The first-order chi connectivity index (χ1) is 5.52. The van der Waals surface area contributed by atoms with Gasteiger partial charge in [0.25, 0.3) is 0 Å². The van der Waals surface area contributed by atoms with Gasteiger partial charge in [-0.3, -0.25) is 0 Å². The maximum Gasteiger partial charge on any atom is 0.137 e. The van der Waals surface area contributed by atoms with Crippen molar-refractivity contribution in [3.63, 3.8) is 0 Å². The summed E-state index contributed by atoms with van der Waals surface area (Å²) >= 11 is 22.1. The summed E-state index contributed by atoms with van der Waals surface area (Å²) in [6, 6.07) is 2.50. The first-order valence-electron chi connectivity index (χ1n) is 2.95. The first-order valence-corrected chi connectivity index (χ1v) is 4.58. The summed E-state index contributed by atoms with van der Waals surface area (Å²) in [5, 5.41) is 0.352. The van der Waals surface area contributed by atoms with Crippen LogP contribution in [0.3, 0.4) is 0 Å². The molecule has 0 heterocycles. The Bertz CT molecular complexity index is 274.